The first-order valence-electron chi connectivity index (χ1n) is 11.0. The maximum Gasteiger partial charge on any atom is 0.215 e. The van der Waals surface area contributed by atoms with Crippen LogP contribution >= 0.6 is 0 Å². The van der Waals surface area contributed by atoms with Crippen molar-refractivity contribution < 1.29 is 14.3 Å². The van der Waals surface area contributed by atoms with E-state index in [4.69, 9.17) is 9.47 Å². The summed E-state index contributed by atoms with van der Waals surface area (Å²) in [6, 6.07) is 3.79. The Bertz CT molecular complexity index is 823. The standard InChI is InChI=1S/C22H32N4O3/c1-25-22-18(21(24-25)19(27)16-17-6-3-2-4-7-17)8-9-20(23-22)29-13-5-10-26-11-14-28-15-12-26/h8-9,17H,2-7,10-16H2,1H3. The quantitative estimate of drug-likeness (QED) is 0.501. The number of Topliss-reactive ketones (excluding diaryl/α,β-unsaturated/α-hetero) is 1. The van der Waals surface area contributed by atoms with E-state index < -0.39 is 0 Å². The van der Waals surface area contributed by atoms with Crippen molar-refractivity contribution in [3.8, 4) is 5.88 Å². The first kappa shape index (κ1) is 20.3. The van der Waals surface area contributed by atoms with E-state index in [1.165, 1.54) is 19.3 Å². The van der Waals surface area contributed by atoms with E-state index >= 15 is 0 Å². The number of morpholine rings is 1. The third-order valence-corrected chi connectivity index (χ3v) is 6.10. The van der Waals surface area contributed by atoms with Crippen LogP contribution in [0.5, 0.6) is 5.88 Å². The van der Waals surface area contributed by atoms with E-state index in [2.05, 4.69) is 15.0 Å². The summed E-state index contributed by atoms with van der Waals surface area (Å²) in [6.45, 7) is 5.27. The lowest BCUT2D eigenvalue weighted by Crippen LogP contribution is -2.37. The molecule has 1 aliphatic carbocycles. The summed E-state index contributed by atoms with van der Waals surface area (Å²) in [4.78, 5) is 19.8. The molecule has 29 heavy (non-hydrogen) atoms. The van der Waals surface area contributed by atoms with Gasteiger partial charge in [0, 0.05) is 39.2 Å². The molecule has 7 nitrogen and oxygen atoms in total. The van der Waals surface area contributed by atoms with Gasteiger partial charge in [0.05, 0.1) is 25.2 Å². The van der Waals surface area contributed by atoms with Crippen LogP contribution in [-0.4, -0.2) is 64.9 Å². The molecule has 0 amide bonds. The summed E-state index contributed by atoms with van der Waals surface area (Å²) < 4.78 is 12.9. The van der Waals surface area contributed by atoms with Crippen LogP contribution in [0, 0.1) is 5.92 Å². The zero-order chi connectivity index (χ0) is 20.1. The first-order chi connectivity index (χ1) is 14.2. The number of rotatable bonds is 8. The van der Waals surface area contributed by atoms with E-state index in [1.807, 2.05) is 19.2 Å². The van der Waals surface area contributed by atoms with Crippen LogP contribution in [-0.2, 0) is 11.8 Å². The minimum atomic E-state index is 0.142. The van der Waals surface area contributed by atoms with Crippen LogP contribution in [0.3, 0.4) is 0 Å². The first-order valence-corrected chi connectivity index (χ1v) is 11.0. The second-order valence-corrected chi connectivity index (χ2v) is 8.28. The summed E-state index contributed by atoms with van der Waals surface area (Å²) in [5.41, 5.74) is 1.27. The molecule has 0 unspecified atom stereocenters. The number of hydrogen-bond donors (Lipinski definition) is 0. The molecule has 1 saturated carbocycles. The van der Waals surface area contributed by atoms with Crippen molar-refractivity contribution in [3.63, 3.8) is 0 Å². The van der Waals surface area contributed by atoms with E-state index in [0.29, 0.717) is 36.2 Å². The highest BCUT2D eigenvalue weighted by atomic mass is 16.5. The lowest BCUT2D eigenvalue weighted by Gasteiger charge is -2.26. The summed E-state index contributed by atoms with van der Waals surface area (Å²) >= 11 is 0. The Kier molecular flexibility index (Phi) is 6.77. The molecule has 0 N–H and O–H groups in total. The molecule has 2 aromatic heterocycles. The van der Waals surface area contributed by atoms with E-state index in [-0.39, 0.29) is 5.78 Å². The Labute approximate surface area is 172 Å². The van der Waals surface area contributed by atoms with Crippen molar-refractivity contribution in [2.45, 2.75) is 44.9 Å². The minimum Gasteiger partial charge on any atom is -0.478 e. The van der Waals surface area contributed by atoms with Crippen molar-refractivity contribution in [1.82, 2.24) is 19.7 Å². The number of carbonyl (C=O) groups is 1. The number of aromatic nitrogens is 3. The Morgan fingerprint density at radius 3 is 2.79 bits per heavy atom. The number of pyridine rings is 1. The van der Waals surface area contributed by atoms with E-state index in [9.17, 15) is 4.79 Å². The normalized spacial score (nSPS) is 18.9. The van der Waals surface area contributed by atoms with Gasteiger partial charge in [0.25, 0.3) is 0 Å². The molecule has 2 aliphatic rings. The molecule has 7 heteroatoms. The molecule has 2 fully saturated rings. The number of ether oxygens (including phenoxy) is 2. The van der Waals surface area contributed by atoms with Crippen molar-refractivity contribution in [3.05, 3.63) is 17.8 Å². The number of nitrogens with zero attached hydrogens (tertiary/aromatic N) is 4. The zero-order valence-corrected chi connectivity index (χ0v) is 17.4. The molecule has 2 aromatic rings. The van der Waals surface area contributed by atoms with Crippen molar-refractivity contribution in [1.29, 1.82) is 0 Å². The second kappa shape index (κ2) is 9.67. The number of aryl methyl sites for hydroxylation is 1. The van der Waals surface area contributed by atoms with E-state index in [1.54, 1.807) is 4.68 Å². The predicted octanol–water partition coefficient (Wildman–Crippen LogP) is 3.22. The highest BCUT2D eigenvalue weighted by molar-refractivity contribution is 6.05. The van der Waals surface area contributed by atoms with E-state index in [0.717, 1.165) is 57.5 Å². The molecule has 1 saturated heterocycles. The van der Waals surface area contributed by atoms with Crippen LogP contribution in [0.2, 0.25) is 0 Å². The number of hydrogen-bond acceptors (Lipinski definition) is 6. The summed E-state index contributed by atoms with van der Waals surface area (Å²) in [6.07, 6.45) is 7.68. The van der Waals surface area contributed by atoms with Crippen LogP contribution in [0.25, 0.3) is 11.0 Å². The van der Waals surface area contributed by atoms with Crippen LogP contribution < -0.4 is 4.74 Å². The molecule has 158 valence electrons. The monoisotopic (exact) mass is 400 g/mol. The van der Waals surface area contributed by atoms with Crippen molar-refractivity contribution in [2.75, 3.05) is 39.5 Å². The summed E-state index contributed by atoms with van der Waals surface area (Å²) in [5.74, 6) is 1.24. The Morgan fingerprint density at radius 1 is 1.21 bits per heavy atom. The van der Waals surface area contributed by atoms with Gasteiger partial charge in [0.1, 0.15) is 5.69 Å². The van der Waals surface area contributed by atoms with Gasteiger partial charge in [-0.05, 0) is 18.4 Å². The maximum absolute atomic E-state index is 12.8. The Morgan fingerprint density at radius 2 is 2.00 bits per heavy atom. The highest BCUT2D eigenvalue weighted by Gasteiger charge is 2.22. The number of fused-ring (bicyclic) bond motifs is 1. The molecule has 0 radical (unpaired) electrons. The van der Waals surface area contributed by atoms with Crippen molar-refractivity contribution >= 4 is 16.8 Å². The van der Waals surface area contributed by atoms with Gasteiger partial charge in [-0.15, -0.1) is 0 Å². The lowest BCUT2D eigenvalue weighted by molar-refractivity contribution is 0.0357. The second-order valence-electron chi connectivity index (χ2n) is 8.28. The van der Waals surface area contributed by atoms with Gasteiger partial charge < -0.3 is 9.47 Å². The fourth-order valence-corrected chi connectivity index (χ4v) is 4.44. The summed E-state index contributed by atoms with van der Waals surface area (Å²) in [7, 11) is 1.84. The Balaban J connectivity index is 1.35. The molecule has 0 spiro atoms. The molecule has 0 bridgehead atoms. The fraction of sp³-hybridized carbons (Fsp3) is 0.682. The zero-order valence-electron chi connectivity index (χ0n) is 17.4. The topological polar surface area (TPSA) is 69.5 Å². The number of ketones is 1. The minimum absolute atomic E-state index is 0.142. The third-order valence-electron chi connectivity index (χ3n) is 6.10. The molecule has 3 heterocycles. The van der Waals surface area contributed by atoms with Gasteiger partial charge in [-0.25, -0.2) is 4.68 Å². The fourth-order valence-electron chi connectivity index (χ4n) is 4.44. The molecule has 1 aliphatic heterocycles. The molecular weight excluding hydrogens is 368 g/mol. The third kappa shape index (κ3) is 5.14. The van der Waals surface area contributed by atoms with Crippen LogP contribution in [0.1, 0.15) is 55.4 Å². The van der Waals surface area contributed by atoms with Gasteiger partial charge in [-0.3, -0.25) is 9.69 Å². The largest absolute Gasteiger partial charge is 0.478 e. The molecule has 0 atom stereocenters. The van der Waals surface area contributed by atoms with Crippen LogP contribution in [0.15, 0.2) is 12.1 Å². The Hall–Kier alpha value is -1.99. The van der Waals surface area contributed by atoms with Gasteiger partial charge in [-0.2, -0.15) is 10.1 Å². The smallest absolute Gasteiger partial charge is 0.215 e. The molecule has 0 aromatic carbocycles. The highest BCUT2D eigenvalue weighted by Crippen LogP contribution is 2.29. The maximum atomic E-state index is 12.8. The van der Waals surface area contributed by atoms with Crippen LogP contribution in [0.4, 0.5) is 0 Å². The SMILES string of the molecule is Cn1nc(C(=O)CC2CCCCC2)c2ccc(OCCCN3CCOCC3)nc21. The van der Waals surface area contributed by atoms with Gasteiger partial charge >= 0.3 is 0 Å². The number of carbonyl (C=O) groups excluding carboxylic acids is 1. The summed E-state index contributed by atoms with van der Waals surface area (Å²) in [5, 5.41) is 5.31. The predicted molar refractivity (Wildman–Crippen MR) is 111 cm³/mol. The van der Waals surface area contributed by atoms with Gasteiger partial charge in [0.15, 0.2) is 11.4 Å². The van der Waals surface area contributed by atoms with Gasteiger partial charge in [-0.1, -0.05) is 32.1 Å². The van der Waals surface area contributed by atoms with Crippen molar-refractivity contribution in [2.24, 2.45) is 13.0 Å². The average molecular weight is 401 g/mol. The van der Waals surface area contributed by atoms with Gasteiger partial charge in [0.2, 0.25) is 5.88 Å². The molecule has 4 rings (SSSR count). The lowest BCUT2D eigenvalue weighted by atomic mass is 9.85. The molecular formula is C22H32N4O3. The average Bonchev–Trinajstić information content (AvgIpc) is 3.09.